The monoisotopic (exact) mass is 576 g/mol. The largest absolute Gasteiger partial charge is 0.0619 e. The summed E-state index contributed by atoms with van der Waals surface area (Å²) in [6.07, 6.45) is 0.951. The van der Waals surface area contributed by atoms with Crippen molar-refractivity contribution in [3.63, 3.8) is 0 Å². The Morgan fingerprint density at radius 3 is 0.978 bits per heavy atom. The van der Waals surface area contributed by atoms with Crippen molar-refractivity contribution in [1.29, 1.82) is 0 Å². The van der Waals surface area contributed by atoms with E-state index in [1.807, 2.05) is 0 Å². The van der Waals surface area contributed by atoms with E-state index in [-0.39, 0.29) is 22.7 Å². The maximum Gasteiger partial charge on any atom is 0.0475 e. The van der Waals surface area contributed by atoms with Crippen LogP contribution in [0.15, 0.2) is 121 Å². The van der Waals surface area contributed by atoms with Crippen LogP contribution in [0.5, 0.6) is 0 Å². The summed E-state index contributed by atoms with van der Waals surface area (Å²) in [5.74, 6) is 0.537. The minimum absolute atomic E-state index is 0.268. The molecule has 0 saturated carbocycles. The third-order valence-corrected chi connectivity index (χ3v) is 12.3. The van der Waals surface area contributed by atoms with Crippen LogP contribution in [-0.4, -0.2) is 0 Å². The van der Waals surface area contributed by atoms with Gasteiger partial charge in [-0.25, -0.2) is 0 Å². The van der Waals surface area contributed by atoms with E-state index in [9.17, 15) is 0 Å². The smallest absolute Gasteiger partial charge is 0.0475 e. The Kier molecular flexibility index (Phi) is 4.85. The normalized spacial score (nSPS) is 23.8. The van der Waals surface area contributed by atoms with Crippen LogP contribution in [-0.2, 0) is 10.8 Å². The summed E-state index contributed by atoms with van der Waals surface area (Å²) in [4.78, 5) is 0. The molecule has 0 aliphatic heterocycles. The molecule has 6 aromatic carbocycles. The Hall–Kier alpha value is -4.68. The second-order valence-corrected chi connectivity index (χ2v) is 14.2. The van der Waals surface area contributed by atoms with E-state index in [4.69, 9.17) is 0 Å². The highest BCUT2D eigenvalue weighted by atomic mass is 14.6. The molecule has 0 heterocycles. The lowest BCUT2D eigenvalue weighted by molar-refractivity contribution is 0.392. The van der Waals surface area contributed by atoms with Crippen LogP contribution in [0.3, 0.4) is 0 Å². The van der Waals surface area contributed by atoms with Gasteiger partial charge in [0.25, 0.3) is 0 Å². The van der Waals surface area contributed by atoms with Crippen molar-refractivity contribution in [2.75, 3.05) is 0 Å². The zero-order valence-corrected chi connectivity index (χ0v) is 26.4. The van der Waals surface area contributed by atoms with Crippen molar-refractivity contribution in [3.05, 3.63) is 210 Å². The van der Waals surface area contributed by atoms with Gasteiger partial charge in [-0.2, -0.15) is 0 Å². The topological polar surface area (TPSA) is 0 Å². The van der Waals surface area contributed by atoms with Gasteiger partial charge in [-0.15, -0.1) is 0 Å². The van der Waals surface area contributed by atoms with Gasteiger partial charge < -0.3 is 0 Å². The van der Waals surface area contributed by atoms with E-state index in [0.29, 0.717) is 0 Å². The van der Waals surface area contributed by atoms with Crippen molar-refractivity contribution >= 4 is 0 Å². The highest BCUT2D eigenvalue weighted by Crippen LogP contribution is 2.68. The fourth-order valence-corrected chi connectivity index (χ4v) is 10.3. The molecule has 6 aromatic rings. The van der Waals surface area contributed by atoms with Crippen molar-refractivity contribution in [2.45, 2.75) is 56.8 Å². The van der Waals surface area contributed by atoms with Gasteiger partial charge in [0.15, 0.2) is 0 Å². The Bertz CT molecular complexity index is 2010. The molecule has 0 fully saturated rings. The zero-order chi connectivity index (χ0) is 30.2. The Balaban J connectivity index is 1.40. The Morgan fingerprint density at radius 2 is 0.644 bits per heavy atom. The Morgan fingerprint density at radius 1 is 0.356 bits per heavy atom. The van der Waals surface area contributed by atoms with Crippen LogP contribution in [0.25, 0.3) is 0 Å². The molecule has 0 spiro atoms. The number of rotatable bonds is 2. The summed E-state index contributed by atoms with van der Waals surface area (Å²) in [6.45, 7) is 9.19. The first kappa shape index (κ1) is 25.6. The molecule has 4 bridgehead atoms. The summed E-state index contributed by atoms with van der Waals surface area (Å²) < 4.78 is 0. The zero-order valence-electron chi connectivity index (χ0n) is 26.4. The van der Waals surface area contributed by atoms with E-state index >= 15 is 0 Å². The van der Waals surface area contributed by atoms with Gasteiger partial charge in [0, 0.05) is 22.7 Å². The first-order valence-corrected chi connectivity index (χ1v) is 16.6. The van der Waals surface area contributed by atoms with Crippen molar-refractivity contribution in [1.82, 2.24) is 0 Å². The molecule has 12 rings (SSSR count). The van der Waals surface area contributed by atoms with E-state index in [1.54, 1.807) is 0 Å². The highest BCUT2D eigenvalue weighted by molar-refractivity contribution is 5.77. The molecule has 45 heavy (non-hydrogen) atoms. The van der Waals surface area contributed by atoms with E-state index in [1.165, 1.54) is 89.0 Å². The van der Waals surface area contributed by atoms with Gasteiger partial charge in [-0.05, 0) is 123 Å². The number of hydrogen-bond donors (Lipinski definition) is 0. The predicted octanol–water partition coefficient (Wildman–Crippen LogP) is 10.3. The summed E-state index contributed by atoms with van der Waals surface area (Å²) in [5, 5.41) is 0. The quantitative estimate of drug-likeness (QED) is 0.192. The van der Waals surface area contributed by atoms with Crippen molar-refractivity contribution in [2.24, 2.45) is 0 Å². The van der Waals surface area contributed by atoms with Crippen LogP contribution in [0.4, 0.5) is 0 Å². The molecule has 0 radical (unpaired) electrons. The third-order valence-electron chi connectivity index (χ3n) is 12.3. The van der Waals surface area contributed by atoms with Crippen LogP contribution in [0, 0.1) is 27.7 Å². The SMILES string of the molecule is Cc1cc2c(cc1C)C1(CC34c5ccccc5C(c5ccccc53)c3cc(C)c(C)cc34)c3ccccc3C2c2ccccc21. The minimum atomic E-state index is -0.309. The minimum Gasteiger partial charge on any atom is -0.0619 e. The fraction of sp³-hybridized carbons (Fsp3) is 0.200. The lowest BCUT2D eigenvalue weighted by Crippen LogP contribution is -2.51. The molecule has 0 unspecified atom stereocenters. The van der Waals surface area contributed by atoms with Gasteiger partial charge in [-0.3, -0.25) is 0 Å². The maximum absolute atomic E-state index is 2.56. The molecule has 0 amide bonds. The molecule has 216 valence electrons. The number of benzene rings is 6. The molecule has 0 N–H and O–H groups in total. The maximum atomic E-state index is 2.56. The van der Waals surface area contributed by atoms with Crippen LogP contribution >= 0.6 is 0 Å². The predicted molar refractivity (Wildman–Crippen MR) is 184 cm³/mol. The molecule has 6 aliphatic carbocycles. The molecule has 0 heteroatoms. The molecule has 0 nitrogen and oxygen atoms in total. The molecular weight excluding hydrogens is 540 g/mol. The summed E-state index contributed by atoms with van der Waals surface area (Å²) in [5.41, 5.74) is 22.8. The van der Waals surface area contributed by atoms with E-state index < -0.39 is 0 Å². The number of hydrogen-bond acceptors (Lipinski definition) is 0. The standard InChI is InChI=1S/C45H36/c1-26-21-34-40(23-28(26)3)44(36-17-9-5-13-30(36)42(34)31-14-6-10-18-37(31)44)25-45-38-19-11-7-15-32(38)43(33-16-8-12-20-39(33)45)35-22-27(2)29(4)24-41(35)45/h5-24,42-43H,25H2,1-4H3. The average molecular weight is 577 g/mol. The van der Waals surface area contributed by atoms with Gasteiger partial charge in [0.2, 0.25) is 0 Å². The first-order chi connectivity index (χ1) is 21.9. The van der Waals surface area contributed by atoms with Crippen molar-refractivity contribution < 1.29 is 0 Å². The lowest BCUT2D eigenvalue weighted by atomic mass is 9.44. The van der Waals surface area contributed by atoms with E-state index in [2.05, 4.69) is 149 Å². The molecule has 6 aliphatic rings. The van der Waals surface area contributed by atoms with Gasteiger partial charge in [-0.1, -0.05) is 121 Å². The second-order valence-electron chi connectivity index (χ2n) is 14.2. The second kappa shape index (κ2) is 8.52. The summed E-state index contributed by atoms with van der Waals surface area (Å²) in [6, 6.07) is 47.8. The fourth-order valence-electron chi connectivity index (χ4n) is 10.3. The van der Waals surface area contributed by atoms with Crippen molar-refractivity contribution in [3.8, 4) is 0 Å². The van der Waals surface area contributed by atoms with Gasteiger partial charge in [0.05, 0.1) is 0 Å². The molecule has 0 atom stereocenters. The molecular formula is C45H36. The van der Waals surface area contributed by atoms with E-state index in [0.717, 1.165) is 6.42 Å². The van der Waals surface area contributed by atoms with Crippen LogP contribution in [0.2, 0.25) is 0 Å². The first-order valence-electron chi connectivity index (χ1n) is 16.6. The summed E-state index contributed by atoms with van der Waals surface area (Å²) in [7, 11) is 0. The van der Waals surface area contributed by atoms with Crippen LogP contribution < -0.4 is 0 Å². The Labute approximate surface area is 266 Å². The van der Waals surface area contributed by atoms with Gasteiger partial charge in [0.1, 0.15) is 0 Å². The number of aryl methyl sites for hydroxylation is 4. The molecule has 0 saturated heterocycles. The van der Waals surface area contributed by atoms with Gasteiger partial charge >= 0.3 is 0 Å². The highest BCUT2D eigenvalue weighted by Gasteiger charge is 2.60. The average Bonchev–Trinajstić information content (AvgIpc) is 3.07. The van der Waals surface area contributed by atoms with Crippen LogP contribution in [0.1, 0.15) is 107 Å². The third kappa shape index (κ3) is 2.90. The molecule has 0 aromatic heterocycles. The summed E-state index contributed by atoms with van der Waals surface area (Å²) >= 11 is 0. The lowest BCUT2D eigenvalue weighted by Gasteiger charge is -2.58.